The van der Waals surface area contributed by atoms with Crippen molar-refractivity contribution >= 4 is 40.9 Å². The summed E-state index contributed by atoms with van der Waals surface area (Å²) in [5.74, 6) is -0.0652. The smallest absolute Gasteiger partial charge is 0.273 e. The fourth-order valence-electron chi connectivity index (χ4n) is 5.74. The van der Waals surface area contributed by atoms with Crippen molar-refractivity contribution in [2.45, 2.75) is 51.9 Å². The van der Waals surface area contributed by atoms with E-state index in [1.54, 1.807) is 45.9 Å². The lowest BCUT2D eigenvalue weighted by atomic mass is 9.96. The van der Waals surface area contributed by atoms with Gasteiger partial charge in [0.05, 0.1) is 52.4 Å². The van der Waals surface area contributed by atoms with Crippen LogP contribution < -0.4 is 5.32 Å². The molecular weight excluding hydrogens is 593 g/mol. The number of carbonyl (C=O) groups excluding carboxylic acids is 3. The summed E-state index contributed by atoms with van der Waals surface area (Å²) in [5.41, 5.74) is 3.42. The highest BCUT2D eigenvalue weighted by molar-refractivity contribution is 6.42. The number of benzene rings is 1. The molecule has 4 aromatic rings. The first-order valence-corrected chi connectivity index (χ1v) is 14.6. The van der Waals surface area contributed by atoms with Crippen LogP contribution in [0.5, 0.6) is 0 Å². The molecular formula is C29H29Cl2N9O3. The Labute approximate surface area is 257 Å². The number of nitrogens with one attached hydrogen (secondary N) is 1. The van der Waals surface area contributed by atoms with E-state index in [4.69, 9.17) is 28.3 Å². The molecule has 1 N–H and O–H groups in total. The third kappa shape index (κ3) is 4.94. The van der Waals surface area contributed by atoms with Gasteiger partial charge < -0.3 is 15.1 Å². The number of nitrogens with zero attached hydrogens (tertiary/aromatic N) is 8. The predicted molar refractivity (Wildman–Crippen MR) is 158 cm³/mol. The van der Waals surface area contributed by atoms with Crippen molar-refractivity contribution in [2.75, 3.05) is 13.6 Å². The Hall–Kier alpha value is -4.29. The SMILES string of the molecule is CNC(=O)[C@@H]1CN([C@H](C)c2ccc(-n3ncnc3C)cn2)C(=O)c2c3c(nn21)C[C@@H](C)N(C(=O)c1ccc(Cl)c(Cl)c1)C3. The Balaban J connectivity index is 1.34. The second-order valence-corrected chi connectivity index (χ2v) is 11.6. The molecule has 3 amide bonds. The molecule has 14 heteroatoms. The minimum Gasteiger partial charge on any atom is -0.357 e. The third-order valence-corrected chi connectivity index (χ3v) is 8.91. The lowest BCUT2D eigenvalue weighted by molar-refractivity contribution is -0.125. The van der Waals surface area contributed by atoms with Gasteiger partial charge in [-0.3, -0.25) is 19.4 Å². The van der Waals surface area contributed by atoms with Crippen LogP contribution in [0.15, 0.2) is 42.9 Å². The van der Waals surface area contributed by atoms with Crippen molar-refractivity contribution in [2.24, 2.45) is 0 Å². The number of hydrogen-bond acceptors (Lipinski definition) is 7. The molecule has 0 fully saturated rings. The van der Waals surface area contributed by atoms with Gasteiger partial charge in [-0.2, -0.15) is 10.2 Å². The molecule has 1 aromatic carbocycles. The van der Waals surface area contributed by atoms with Crippen LogP contribution in [0.1, 0.15) is 69.6 Å². The highest BCUT2D eigenvalue weighted by atomic mass is 35.5. The van der Waals surface area contributed by atoms with Crippen LogP contribution in [0.25, 0.3) is 5.69 Å². The maximum Gasteiger partial charge on any atom is 0.273 e. The predicted octanol–water partition coefficient (Wildman–Crippen LogP) is 3.57. The number of aryl methyl sites for hydroxylation is 1. The molecule has 2 aliphatic heterocycles. The molecule has 43 heavy (non-hydrogen) atoms. The zero-order chi connectivity index (χ0) is 30.6. The second-order valence-electron chi connectivity index (χ2n) is 10.8. The molecule has 2 aliphatic rings. The minimum atomic E-state index is -0.752. The van der Waals surface area contributed by atoms with E-state index >= 15 is 0 Å². The Morgan fingerprint density at radius 1 is 1.12 bits per heavy atom. The van der Waals surface area contributed by atoms with Gasteiger partial charge in [0.2, 0.25) is 5.91 Å². The van der Waals surface area contributed by atoms with Gasteiger partial charge in [-0.1, -0.05) is 23.2 Å². The van der Waals surface area contributed by atoms with Crippen molar-refractivity contribution in [3.8, 4) is 5.69 Å². The first-order chi connectivity index (χ1) is 20.6. The number of amides is 3. The van der Waals surface area contributed by atoms with E-state index in [1.807, 2.05) is 32.9 Å². The van der Waals surface area contributed by atoms with Gasteiger partial charge in [-0.25, -0.2) is 14.3 Å². The highest BCUT2D eigenvalue weighted by Crippen LogP contribution is 2.35. The molecule has 0 spiro atoms. The van der Waals surface area contributed by atoms with Gasteiger partial charge in [0.1, 0.15) is 23.9 Å². The molecule has 6 rings (SSSR count). The van der Waals surface area contributed by atoms with Crippen molar-refractivity contribution in [3.05, 3.63) is 86.9 Å². The summed E-state index contributed by atoms with van der Waals surface area (Å²) in [5, 5.41) is 12.3. The molecule has 0 radical (unpaired) electrons. The Morgan fingerprint density at radius 3 is 2.56 bits per heavy atom. The number of hydrogen-bond donors (Lipinski definition) is 1. The largest absolute Gasteiger partial charge is 0.357 e. The lowest BCUT2D eigenvalue weighted by Crippen LogP contribution is -2.49. The number of pyridine rings is 1. The fraction of sp³-hybridized carbons (Fsp3) is 0.345. The highest BCUT2D eigenvalue weighted by Gasteiger charge is 2.43. The molecule has 222 valence electrons. The summed E-state index contributed by atoms with van der Waals surface area (Å²) in [6, 6.07) is 7.05. The van der Waals surface area contributed by atoms with Crippen molar-refractivity contribution in [1.29, 1.82) is 0 Å². The van der Waals surface area contributed by atoms with E-state index in [-0.39, 0.29) is 41.9 Å². The van der Waals surface area contributed by atoms with Crippen LogP contribution in [0, 0.1) is 6.92 Å². The van der Waals surface area contributed by atoms with Crippen LogP contribution >= 0.6 is 23.2 Å². The normalized spacial score (nSPS) is 18.7. The van der Waals surface area contributed by atoms with Gasteiger partial charge in [0, 0.05) is 30.6 Å². The van der Waals surface area contributed by atoms with Crippen LogP contribution in [-0.4, -0.2) is 76.7 Å². The van der Waals surface area contributed by atoms with Crippen LogP contribution in [0.3, 0.4) is 0 Å². The number of likely N-dealkylation sites (N-methyl/N-ethyl adjacent to an activating group) is 1. The maximum atomic E-state index is 14.2. The van der Waals surface area contributed by atoms with Crippen LogP contribution in [0.2, 0.25) is 10.0 Å². The summed E-state index contributed by atoms with van der Waals surface area (Å²) < 4.78 is 3.20. The van der Waals surface area contributed by atoms with Gasteiger partial charge in [-0.05, 0) is 51.1 Å². The first-order valence-electron chi connectivity index (χ1n) is 13.8. The molecule has 12 nitrogen and oxygen atoms in total. The molecule has 0 aliphatic carbocycles. The van der Waals surface area contributed by atoms with Gasteiger partial charge in [-0.15, -0.1) is 0 Å². The zero-order valence-corrected chi connectivity index (χ0v) is 25.5. The molecule has 0 saturated heterocycles. The summed E-state index contributed by atoms with van der Waals surface area (Å²) in [4.78, 5) is 53.0. The van der Waals surface area contributed by atoms with Gasteiger partial charge in [0.25, 0.3) is 11.8 Å². The van der Waals surface area contributed by atoms with E-state index in [0.717, 1.165) is 11.5 Å². The van der Waals surface area contributed by atoms with Crippen molar-refractivity contribution < 1.29 is 14.4 Å². The number of rotatable bonds is 5. The number of fused-ring (bicyclic) bond motifs is 3. The monoisotopic (exact) mass is 621 g/mol. The summed E-state index contributed by atoms with van der Waals surface area (Å²) in [7, 11) is 1.56. The second kappa shape index (κ2) is 11.1. The maximum absolute atomic E-state index is 14.2. The Morgan fingerprint density at radius 2 is 1.91 bits per heavy atom. The molecule has 3 atom stereocenters. The molecule has 0 unspecified atom stereocenters. The number of carbonyl (C=O) groups is 3. The van der Waals surface area contributed by atoms with E-state index in [9.17, 15) is 14.4 Å². The Bertz CT molecular complexity index is 1750. The molecule has 0 bridgehead atoms. The van der Waals surface area contributed by atoms with Crippen LogP contribution in [-0.2, 0) is 17.8 Å². The molecule has 3 aromatic heterocycles. The summed E-state index contributed by atoms with van der Waals surface area (Å²) in [6.45, 7) is 5.92. The zero-order valence-electron chi connectivity index (χ0n) is 24.0. The molecule has 5 heterocycles. The fourth-order valence-corrected chi connectivity index (χ4v) is 6.04. The van der Waals surface area contributed by atoms with Gasteiger partial charge >= 0.3 is 0 Å². The minimum absolute atomic E-state index is 0.111. The average molecular weight is 623 g/mol. The molecule has 0 saturated carbocycles. The topological polar surface area (TPSA) is 131 Å². The van der Waals surface area contributed by atoms with Gasteiger partial charge in [0.15, 0.2) is 0 Å². The summed E-state index contributed by atoms with van der Waals surface area (Å²) >= 11 is 12.3. The Kier molecular flexibility index (Phi) is 7.43. The summed E-state index contributed by atoms with van der Waals surface area (Å²) in [6.07, 6.45) is 3.58. The van der Waals surface area contributed by atoms with Crippen LogP contribution in [0.4, 0.5) is 0 Å². The standard InChI is InChI=1S/C29H29Cl2N9O3/c1-15-9-24-20(12-37(15)28(42)18-5-7-21(30)22(31)10-18)26-29(43)38(13-25(27(41)32-4)40(26)36-24)16(2)23-8-6-19(11-33-23)39-17(3)34-14-35-39/h5-8,10-11,14-16,25H,9,12-13H2,1-4H3,(H,32,41)/t15-,16-,25+/m1/s1. The first kappa shape index (κ1) is 28.8. The quantitative estimate of drug-likeness (QED) is 0.360. The van der Waals surface area contributed by atoms with Crippen molar-refractivity contribution in [1.82, 2.24) is 44.6 Å². The van der Waals surface area contributed by atoms with E-state index in [2.05, 4.69) is 20.4 Å². The number of aromatic nitrogens is 6. The average Bonchev–Trinajstić information content (AvgIpc) is 3.60. The van der Waals surface area contributed by atoms with E-state index in [1.165, 1.54) is 11.0 Å². The van der Waals surface area contributed by atoms with E-state index in [0.29, 0.717) is 39.7 Å². The third-order valence-electron chi connectivity index (χ3n) is 8.17. The van der Waals surface area contributed by atoms with E-state index < -0.39 is 12.1 Å². The lowest BCUT2D eigenvalue weighted by Gasteiger charge is -2.37. The number of halogens is 2. The van der Waals surface area contributed by atoms with Crippen molar-refractivity contribution in [3.63, 3.8) is 0 Å².